The van der Waals surface area contributed by atoms with Gasteiger partial charge in [0.1, 0.15) is 6.54 Å². The van der Waals surface area contributed by atoms with Gasteiger partial charge in [0, 0.05) is 45.8 Å². The molecule has 0 aromatic heterocycles. The largest absolute Gasteiger partial charge is 0.381 e. The van der Waals surface area contributed by atoms with Crippen LogP contribution in [0.4, 0.5) is 0 Å². The first kappa shape index (κ1) is 20.6. The number of carbonyl (C=O) groups is 1. The van der Waals surface area contributed by atoms with Crippen molar-refractivity contribution in [2.24, 2.45) is 10.9 Å². The highest BCUT2D eigenvalue weighted by Gasteiger charge is 2.27. The maximum atomic E-state index is 12.1. The van der Waals surface area contributed by atoms with Gasteiger partial charge in [0.05, 0.1) is 6.61 Å². The Morgan fingerprint density at radius 2 is 2.07 bits per heavy atom. The highest BCUT2D eigenvalue weighted by Crippen LogP contribution is 2.22. The van der Waals surface area contributed by atoms with Crippen molar-refractivity contribution in [2.75, 3.05) is 46.9 Å². The first-order chi connectivity index (χ1) is 13.6. The molecule has 28 heavy (non-hydrogen) atoms. The third-order valence-corrected chi connectivity index (χ3v) is 5.69. The normalized spacial score (nSPS) is 22.1. The van der Waals surface area contributed by atoms with Crippen molar-refractivity contribution in [1.29, 1.82) is 0 Å². The second-order valence-electron chi connectivity index (χ2n) is 8.04. The number of aryl methyl sites for hydroxylation is 1. The van der Waals surface area contributed by atoms with Crippen LogP contribution in [-0.4, -0.2) is 74.7 Å². The fraction of sp³-hybridized carbons (Fsp3) is 0.636. The van der Waals surface area contributed by atoms with Crippen molar-refractivity contribution >= 4 is 11.9 Å². The van der Waals surface area contributed by atoms with Crippen LogP contribution in [0.5, 0.6) is 0 Å². The van der Waals surface area contributed by atoms with E-state index in [1.54, 1.807) is 19.0 Å². The number of guanidine groups is 1. The number of benzene rings is 1. The van der Waals surface area contributed by atoms with Crippen LogP contribution in [-0.2, 0) is 22.4 Å². The minimum Gasteiger partial charge on any atom is -0.381 e. The lowest BCUT2D eigenvalue weighted by atomic mass is 9.88. The molecule has 1 N–H and O–H groups in total. The number of aliphatic imine (C=N–C) groups is 1. The van der Waals surface area contributed by atoms with E-state index in [1.807, 2.05) is 6.92 Å². The number of likely N-dealkylation sites (tertiary alicyclic amines) is 1. The summed E-state index contributed by atoms with van der Waals surface area (Å²) in [5.74, 6) is 1.43. The van der Waals surface area contributed by atoms with Gasteiger partial charge in [-0.2, -0.15) is 0 Å². The molecule has 0 radical (unpaired) electrons. The first-order valence-electron chi connectivity index (χ1n) is 10.5. The molecular weight excluding hydrogens is 352 g/mol. The van der Waals surface area contributed by atoms with Gasteiger partial charge in [0.25, 0.3) is 0 Å². The van der Waals surface area contributed by atoms with E-state index >= 15 is 0 Å². The molecule has 6 heteroatoms. The lowest BCUT2D eigenvalue weighted by Gasteiger charge is -2.30. The van der Waals surface area contributed by atoms with Crippen LogP contribution in [0.1, 0.15) is 30.9 Å². The number of fused-ring (bicyclic) bond motifs is 1. The van der Waals surface area contributed by atoms with E-state index in [0.717, 1.165) is 57.9 Å². The second kappa shape index (κ2) is 9.92. The van der Waals surface area contributed by atoms with Crippen molar-refractivity contribution in [2.45, 2.75) is 38.6 Å². The van der Waals surface area contributed by atoms with Crippen LogP contribution >= 0.6 is 0 Å². The van der Waals surface area contributed by atoms with E-state index in [2.05, 4.69) is 34.5 Å². The van der Waals surface area contributed by atoms with Gasteiger partial charge in [-0.3, -0.25) is 4.79 Å². The number of hydrogen-bond acceptors (Lipinski definition) is 3. The SMILES string of the molecule is CCOCC1CCN(C(=NCC(=O)N(C)C)NC2CCc3ccccc3C2)C1. The molecule has 1 aromatic carbocycles. The smallest absolute Gasteiger partial charge is 0.243 e. The zero-order valence-electron chi connectivity index (χ0n) is 17.5. The average Bonchev–Trinajstić information content (AvgIpc) is 3.17. The minimum absolute atomic E-state index is 0.0263. The molecule has 1 amide bonds. The fourth-order valence-electron chi connectivity index (χ4n) is 3.97. The van der Waals surface area contributed by atoms with Crippen molar-refractivity contribution < 1.29 is 9.53 Å². The number of amides is 1. The third kappa shape index (κ3) is 5.47. The summed E-state index contributed by atoms with van der Waals surface area (Å²) in [6, 6.07) is 9.05. The maximum Gasteiger partial charge on any atom is 0.243 e. The molecule has 1 saturated heterocycles. The molecule has 6 nitrogen and oxygen atoms in total. The molecule has 2 aliphatic rings. The molecular formula is C22H34N4O2. The van der Waals surface area contributed by atoms with Crippen LogP contribution < -0.4 is 5.32 Å². The Bertz CT molecular complexity index is 689. The predicted octanol–water partition coefficient (Wildman–Crippen LogP) is 1.94. The van der Waals surface area contributed by atoms with Crippen molar-refractivity contribution in [3.8, 4) is 0 Å². The Balaban J connectivity index is 1.66. The van der Waals surface area contributed by atoms with Gasteiger partial charge in [-0.05, 0) is 43.7 Å². The summed E-state index contributed by atoms with van der Waals surface area (Å²) in [4.78, 5) is 20.7. The van der Waals surface area contributed by atoms with Crippen LogP contribution in [0, 0.1) is 5.92 Å². The zero-order valence-corrected chi connectivity index (χ0v) is 17.5. The summed E-state index contributed by atoms with van der Waals surface area (Å²) in [5.41, 5.74) is 2.88. The van der Waals surface area contributed by atoms with E-state index < -0.39 is 0 Å². The molecule has 2 unspecified atom stereocenters. The molecule has 1 aromatic rings. The molecule has 154 valence electrons. The summed E-state index contributed by atoms with van der Waals surface area (Å²) < 4.78 is 5.62. The molecule has 0 spiro atoms. The number of nitrogens with zero attached hydrogens (tertiary/aromatic N) is 3. The summed E-state index contributed by atoms with van der Waals surface area (Å²) in [6.45, 7) is 5.68. The summed E-state index contributed by atoms with van der Waals surface area (Å²) in [6.07, 6.45) is 4.29. The molecule has 0 saturated carbocycles. The monoisotopic (exact) mass is 386 g/mol. The van der Waals surface area contributed by atoms with Gasteiger partial charge < -0.3 is 19.9 Å². The Kier molecular flexibility index (Phi) is 7.31. The zero-order chi connectivity index (χ0) is 19.9. The standard InChI is InChI=1S/C22H34N4O2/c1-4-28-16-17-11-12-26(15-17)22(23-14-21(27)25(2)3)24-20-10-9-18-7-5-6-8-19(18)13-20/h5-8,17,20H,4,9-16H2,1-3H3,(H,23,24). The minimum atomic E-state index is 0.0263. The number of rotatable bonds is 6. The number of hydrogen-bond donors (Lipinski definition) is 1. The van der Waals surface area contributed by atoms with Crippen molar-refractivity contribution in [1.82, 2.24) is 15.1 Å². The Morgan fingerprint density at radius 3 is 2.82 bits per heavy atom. The van der Waals surface area contributed by atoms with Gasteiger partial charge >= 0.3 is 0 Å². The topological polar surface area (TPSA) is 57.2 Å². The molecule has 1 aliphatic heterocycles. The molecule has 2 atom stereocenters. The van der Waals surface area contributed by atoms with E-state index in [-0.39, 0.29) is 12.5 Å². The van der Waals surface area contributed by atoms with E-state index in [9.17, 15) is 4.79 Å². The Morgan fingerprint density at radius 1 is 1.29 bits per heavy atom. The van der Waals surface area contributed by atoms with E-state index in [0.29, 0.717) is 12.0 Å². The van der Waals surface area contributed by atoms with Gasteiger partial charge in [-0.25, -0.2) is 4.99 Å². The highest BCUT2D eigenvalue weighted by molar-refractivity contribution is 5.85. The van der Waals surface area contributed by atoms with Crippen LogP contribution in [0.15, 0.2) is 29.3 Å². The van der Waals surface area contributed by atoms with Crippen LogP contribution in [0.25, 0.3) is 0 Å². The Hall–Kier alpha value is -2.08. The van der Waals surface area contributed by atoms with Crippen LogP contribution in [0.2, 0.25) is 0 Å². The third-order valence-electron chi connectivity index (χ3n) is 5.69. The molecule has 1 fully saturated rings. The van der Waals surface area contributed by atoms with Gasteiger partial charge in [-0.1, -0.05) is 24.3 Å². The first-order valence-corrected chi connectivity index (χ1v) is 10.5. The number of nitrogens with one attached hydrogen (secondary N) is 1. The van der Waals surface area contributed by atoms with Crippen molar-refractivity contribution in [3.05, 3.63) is 35.4 Å². The second-order valence-corrected chi connectivity index (χ2v) is 8.04. The van der Waals surface area contributed by atoms with Gasteiger partial charge in [-0.15, -0.1) is 0 Å². The number of carbonyl (C=O) groups excluding carboxylic acids is 1. The molecule has 1 aliphatic carbocycles. The lowest BCUT2D eigenvalue weighted by Crippen LogP contribution is -2.47. The van der Waals surface area contributed by atoms with E-state index in [4.69, 9.17) is 9.73 Å². The highest BCUT2D eigenvalue weighted by atomic mass is 16.5. The summed E-state index contributed by atoms with van der Waals surface area (Å²) in [7, 11) is 3.55. The predicted molar refractivity (Wildman–Crippen MR) is 113 cm³/mol. The Labute approximate surface area is 168 Å². The van der Waals surface area contributed by atoms with E-state index in [1.165, 1.54) is 11.1 Å². The summed E-state index contributed by atoms with van der Waals surface area (Å²) >= 11 is 0. The molecule has 0 bridgehead atoms. The maximum absolute atomic E-state index is 12.1. The lowest BCUT2D eigenvalue weighted by molar-refractivity contribution is -0.127. The van der Waals surface area contributed by atoms with Gasteiger partial charge in [0.2, 0.25) is 5.91 Å². The fourth-order valence-corrected chi connectivity index (χ4v) is 3.97. The van der Waals surface area contributed by atoms with Crippen LogP contribution in [0.3, 0.4) is 0 Å². The summed E-state index contributed by atoms with van der Waals surface area (Å²) in [5, 5.41) is 3.67. The average molecular weight is 387 g/mol. The molecule has 1 heterocycles. The molecule has 3 rings (SSSR count). The number of ether oxygens (including phenoxy) is 1. The van der Waals surface area contributed by atoms with Gasteiger partial charge in [0.15, 0.2) is 5.96 Å². The van der Waals surface area contributed by atoms with Crippen molar-refractivity contribution in [3.63, 3.8) is 0 Å². The number of likely N-dealkylation sites (N-methyl/N-ethyl adjacent to an activating group) is 1. The quantitative estimate of drug-likeness (QED) is 0.600.